The molecule has 2 aromatic carbocycles. The Morgan fingerprint density at radius 3 is 2.38 bits per heavy atom. The van der Waals surface area contributed by atoms with E-state index in [0.717, 1.165) is 24.7 Å². The first-order valence-corrected chi connectivity index (χ1v) is 14.5. The van der Waals surface area contributed by atoms with Crippen molar-refractivity contribution in [2.45, 2.75) is 72.3 Å². The van der Waals surface area contributed by atoms with Crippen LogP contribution in [0.3, 0.4) is 0 Å². The fourth-order valence-corrected chi connectivity index (χ4v) is 6.10. The Kier molecular flexibility index (Phi) is 9.56. The highest BCUT2D eigenvalue weighted by molar-refractivity contribution is 6.08. The van der Waals surface area contributed by atoms with Gasteiger partial charge in [-0.3, -0.25) is 14.4 Å². The summed E-state index contributed by atoms with van der Waals surface area (Å²) in [6.45, 7) is 8.01. The van der Waals surface area contributed by atoms with Gasteiger partial charge in [-0.2, -0.15) is 0 Å². The van der Waals surface area contributed by atoms with Gasteiger partial charge in [0, 0.05) is 19.3 Å². The molecule has 1 fully saturated rings. The van der Waals surface area contributed by atoms with Gasteiger partial charge in [-0.1, -0.05) is 63.2 Å². The first-order chi connectivity index (χ1) is 19.9. The number of aliphatic hydroxyl groups is 1. The number of nitrogens with zero attached hydrogens (tertiary/aromatic N) is 2. The number of benzene rings is 2. The van der Waals surface area contributed by atoms with E-state index in [4.69, 9.17) is 14.3 Å². The zero-order valence-electron chi connectivity index (χ0n) is 24.8. The Bertz CT molecular complexity index is 1300. The van der Waals surface area contributed by atoms with Crippen molar-refractivity contribution in [3.05, 3.63) is 65.7 Å². The van der Waals surface area contributed by atoms with Gasteiger partial charge >= 0.3 is 12.1 Å². The normalized spacial score (nSPS) is 23.0. The van der Waals surface area contributed by atoms with Crippen LogP contribution < -0.4 is 4.74 Å². The Labute approximate surface area is 246 Å². The summed E-state index contributed by atoms with van der Waals surface area (Å²) in [6.07, 6.45) is -0.263. The smallest absolute Gasteiger partial charge is 0.443 e. The van der Waals surface area contributed by atoms with Crippen LogP contribution in [0.4, 0.5) is 4.79 Å². The summed E-state index contributed by atoms with van der Waals surface area (Å²) in [4.78, 5) is 59.9. The van der Waals surface area contributed by atoms with Crippen molar-refractivity contribution in [3.8, 4) is 5.75 Å². The van der Waals surface area contributed by atoms with Crippen molar-refractivity contribution in [1.82, 2.24) is 9.96 Å². The predicted molar refractivity (Wildman–Crippen MR) is 153 cm³/mol. The molecule has 1 unspecified atom stereocenters. The summed E-state index contributed by atoms with van der Waals surface area (Å²) >= 11 is 0. The second-order valence-corrected chi connectivity index (χ2v) is 11.7. The number of imide groups is 1. The molecule has 1 spiro atoms. The molecule has 0 saturated heterocycles. The minimum Gasteiger partial charge on any atom is -0.466 e. The van der Waals surface area contributed by atoms with Crippen molar-refractivity contribution >= 4 is 23.9 Å². The van der Waals surface area contributed by atoms with Crippen LogP contribution in [0.15, 0.2) is 54.6 Å². The van der Waals surface area contributed by atoms with Crippen molar-refractivity contribution < 1.29 is 38.6 Å². The maximum atomic E-state index is 14.5. The van der Waals surface area contributed by atoms with E-state index in [1.807, 2.05) is 19.9 Å². The zero-order chi connectivity index (χ0) is 30.6. The number of amides is 3. The van der Waals surface area contributed by atoms with Gasteiger partial charge in [0.15, 0.2) is 5.72 Å². The standard InChI is InChI=1S/C32H40N2O8/c1-20(2)27-16-15-21(3)17-32(27)34(29(37)25-13-9-10-14-28(25)41-32)30(38)26(22(4)35)18-33(42-23(5)36)31(39)40-19-24-11-7-6-8-12-24/h6-14,20-22,26-27,35H,15-19H2,1-5H3/t21-,22-,26+,27+,32?/m1/s1. The van der Waals surface area contributed by atoms with Crippen LogP contribution in [0.2, 0.25) is 0 Å². The molecule has 10 heteroatoms. The van der Waals surface area contributed by atoms with E-state index in [0.29, 0.717) is 22.8 Å². The number of hydroxylamine groups is 2. The van der Waals surface area contributed by atoms with Gasteiger partial charge in [0.05, 0.1) is 24.1 Å². The SMILES string of the molecule is CC(=O)ON(C[C@H](C(=O)N1C(=O)c2ccccc2OC12C[C@H](C)CC[C@H]2C(C)C)[C@@H](C)O)C(=O)OCc1ccccc1. The summed E-state index contributed by atoms with van der Waals surface area (Å²) in [5.41, 5.74) is -0.345. The maximum absolute atomic E-state index is 14.5. The van der Waals surface area contributed by atoms with E-state index in [1.165, 1.54) is 6.92 Å². The Morgan fingerprint density at radius 1 is 1.07 bits per heavy atom. The van der Waals surface area contributed by atoms with Gasteiger partial charge < -0.3 is 19.4 Å². The molecular formula is C32H40N2O8. The average molecular weight is 581 g/mol. The van der Waals surface area contributed by atoms with E-state index >= 15 is 0 Å². The molecule has 226 valence electrons. The molecule has 10 nitrogen and oxygen atoms in total. The lowest BCUT2D eigenvalue weighted by Gasteiger charge is -2.55. The van der Waals surface area contributed by atoms with Gasteiger partial charge in [-0.15, -0.1) is 5.06 Å². The zero-order valence-corrected chi connectivity index (χ0v) is 24.8. The fraction of sp³-hybridized carbons (Fsp3) is 0.500. The second-order valence-electron chi connectivity index (χ2n) is 11.7. The number of carbonyl (C=O) groups is 4. The summed E-state index contributed by atoms with van der Waals surface area (Å²) in [6, 6.07) is 15.7. The third-order valence-electron chi connectivity index (χ3n) is 8.11. The van der Waals surface area contributed by atoms with Crippen molar-refractivity contribution in [2.75, 3.05) is 6.54 Å². The number of aliphatic hydroxyl groups excluding tert-OH is 1. The first kappa shape index (κ1) is 31.0. The molecule has 1 saturated carbocycles. The van der Waals surface area contributed by atoms with Crippen LogP contribution in [-0.4, -0.2) is 57.3 Å². The molecule has 5 atom stereocenters. The highest BCUT2D eigenvalue weighted by atomic mass is 16.7. The predicted octanol–water partition coefficient (Wildman–Crippen LogP) is 4.95. The minimum absolute atomic E-state index is 0.0707. The van der Waals surface area contributed by atoms with E-state index in [2.05, 4.69) is 6.92 Å². The van der Waals surface area contributed by atoms with Crippen LogP contribution in [0.1, 0.15) is 69.8 Å². The highest BCUT2D eigenvalue weighted by Gasteiger charge is 2.58. The minimum atomic E-state index is -1.34. The molecule has 2 aromatic rings. The molecule has 2 aliphatic rings. The molecule has 1 heterocycles. The van der Waals surface area contributed by atoms with E-state index in [9.17, 15) is 24.3 Å². The molecule has 0 radical (unpaired) electrons. The van der Waals surface area contributed by atoms with Crippen LogP contribution in [-0.2, 0) is 25.8 Å². The maximum Gasteiger partial charge on any atom is 0.443 e. The van der Waals surface area contributed by atoms with Gasteiger partial charge in [0.1, 0.15) is 12.4 Å². The largest absolute Gasteiger partial charge is 0.466 e. The summed E-state index contributed by atoms with van der Waals surface area (Å²) < 4.78 is 12.0. The molecule has 0 aromatic heterocycles. The number of ether oxygens (including phenoxy) is 2. The number of hydrogen-bond acceptors (Lipinski definition) is 8. The van der Waals surface area contributed by atoms with Crippen LogP contribution in [0.5, 0.6) is 5.75 Å². The Morgan fingerprint density at radius 2 is 1.74 bits per heavy atom. The molecule has 42 heavy (non-hydrogen) atoms. The van der Waals surface area contributed by atoms with Crippen molar-refractivity contribution in [2.24, 2.45) is 23.7 Å². The topological polar surface area (TPSA) is 123 Å². The molecular weight excluding hydrogens is 540 g/mol. The van der Waals surface area contributed by atoms with Crippen molar-refractivity contribution in [1.29, 1.82) is 0 Å². The lowest BCUT2D eigenvalue weighted by Crippen LogP contribution is -2.69. The van der Waals surface area contributed by atoms with E-state index in [1.54, 1.807) is 48.5 Å². The number of carbonyl (C=O) groups excluding carboxylic acids is 4. The summed E-state index contributed by atoms with van der Waals surface area (Å²) in [5, 5.41) is 11.5. The molecule has 1 aliphatic heterocycles. The summed E-state index contributed by atoms with van der Waals surface area (Å²) in [5.74, 6) is -2.95. The number of para-hydroxylation sites is 1. The first-order valence-electron chi connectivity index (χ1n) is 14.5. The van der Waals surface area contributed by atoms with Gasteiger partial charge in [0.25, 0.3) is 5.91 Å². The van der Waals surface area contributed by atoms with E-state index in [-0.39, 0.29) is 29.9 Å². The Hall–Kier alpha value is -3.92. The molecule has 3 amide bonds. The third-order valence-corrected chi connectivity index (χ3v) is 8.11. The lowest BCUT2D eigenvalue weighted by atomic mass is 9.69. The fourth-order valence-electron chi connectivity index (χ4n) is 6.10. The van der Waals surface area contributed by atoms with Gasteiger partial charge in [-0.25, -0.2) is 9.69 Å². The monoisotopic (exact) mass is 580 g/mol. The van der Waals surface area contributed by atoms with Crippen molar-refractivity contribution in [3.63, 3.8) is 0 Å². The summed E-state index contributed by atoms with van der Waals surface area (Å²) in [7, 11) is 0. The van der Waals surface area contributed by atoms with Crippen LogP contribution in [0, 0.1) is 23.7 Å². The average Bonchev–Trinajstić information content (AvgIpc) is 2.93. The van der Waals surface area contributed by atoms with E-state index < -0.39 is 48.2 Å². The number of hydrogen-bond donors (Lipinski definition) is 1. The van der Waals surface area contributed by atoms with Crippen LogP contribution in [0.25, 0.3) is 0 Å². The quantitative estimate of drug-likeness (QED) is 0.457. The second kappa shape index (κ2) is 12.9. The molecule has 1 N–H and O–H groups in total. The molecule has 1 aliphatic carbocycles. The Balaban J connectivity index is 1.70. The van der Waals surface area contributed by atoms with Gasteiger partial charge in [-0.05, 0) is 49.3 Å². The molecule has 0 bridgehead atoms. The number of fused-ring (bicyclic) bond motifs is 1. The highest BCUT2D eigenvalue weighted by Crippen LogP contribution is 2.49. The molecule has 4 rings (SSSR count). The third kappa shape index (κ3) is 6.43. The lowest BCUT2D eigenvalue weighted by molar-refractivity contribution is -0.193. The number of rotatable bonds is 7. The van der Waals surface area contributed by atoms with Gasteiger partial charge in [0.2, 0.25) is 5.91 Å². The van der Waals surface area contributed by atoms with Crippen LogP contribution >= 0.6 is 0 Å².